The molecule has 1 saturated heterocycles. The fourth-order valence-corrected chi connectivity index (χ4v) is 2.38. The number of carboxylic acids is 1. The summed E-state index contributed by atoms with van der Waals surface area (Å²) < 4.78 is 10.7. The number of benzene rings is 1. The van der Waals surface area contributed by atoms with Gasteiger partial charge in [-0.1, -0.05) is 12.1 Å². The highest BCUT2D eigenvalue weighted by atomic mass is 16.5. The molecule has 1 amide bonds. The minimum atomic E-state index is -1.30. The van der Waals surface area contributed by atoms with Gasteiger partial charge in [0.05, 0.1) is 19.1 Å². The highest BCUT2D eigenvalue weighted by molar-refractivity contribution is 5.88. The number of hydrogen-bond acceptors (Lipinski definition) is 4. The van der Waals surface area contributed by atoms with Crippen molar-refractivity contribution in [3.8, 4) is 5.75 Å². The SMILES string of the molecule is CC(C)Oc1cccc(CC(=O)NC2(C(=O)O)CCOC2)c1. The molecule has 1 aliphatic rings. The Morgan fingerprint density at radius 2 is 2.23 bits per heavy atom. The van der Waals surface area contributed by atoms with E-state index in [1.807, 2.05) is 32.0 Å². The molecular weight excluding hydrogens is 286 g/mol. The molecule has 0 spiro atoms. The van der Waals surface area contributed by atoms with Crippen LogP contribution >= 0.6 is 0 Å². The zero-order valence-electron chi connectivity index (χ0n) is 12.8. The zero-order chi connectivity index (χ0) is 16.2. The van der Waals surface area contributed by atoms with Gasteiger partial charge in [-0.3, -0.25) is 4.79 Å². The van der Waals surface area contributed by atoms with Crippen LogP contribution in [-0.4, -0.2) is 41.8 Å². The van der Waals surface area contributed by atoms with Gasteiger partial charge in [0.2, 0.25) is 5.91 Å². The lowest BCUT2D eigenvalue weighted by Crippen LogP contribution is -2.55. The number of carboxylic acid groups (broad SMARTS) is 1. The van der Waals surface area contributed by atoms with E-state index in [2.05, 4.69) is 5.32 Å². The van der Waals surface area contributed by atoms with E-state index in [0.717, 1.165) is 5.56 Å². The predicted molar refractivity (Wildman–Crippen MR) is 79.9 cm³/mol. The van der Waals surface area contributed by atoms with Crippen LogP contribution in [0.25, 0.3) is 0 Å². The third-order valence-corrected chi connectivity index (χ3v) is 3.44. The Hall–Kier alpha value is -2.08. The van der Waals surface area contributed by atoms with Crippen LogP contribution in [0.5, 0.6) is 5.75 Å². The number of nitrogens with one attached hydrogen (secondary N) is 1. The van der Waals surface area contributed by atoms with E-state index in [0.29, 0.717) is 12.4 Å². The first-order valence-electron chi connectivity index (χ1n) is 7.29. The summed E-state index contributed by atoms with van der Waals surface area (Å²) in [4.78, 5) is 23.5. The van der Waals surface area contributed by atoms with Gasteiger partial charge >= 0.3 is 5.97 Å². The second-order valence-electron chi connectivity index (χ2n) is 5.73. The summed E-state index contributed by atoms with van der Waals surface area (Å²) in [5, 5.41) is 11.9. The van der Waals surface area contributed by atoms with Crippen molar-refractivity contribution < 1.29 is 24.2 Å². The van der Waals surface area contributed by atoms with Crippen LogP contribution in [0.3, 0.4) is 0 Å². The van der Waals surface area contributed by atoms with E-state index in [4.69, 9.17) is 9.47 Å². The van der Waals surface area contributed by atoms with Gasteiger partial charge in [0.25, 0.3) is 0 Å². The standard InChI is InChI=1S/C16H21NO5/c1-11(2)22-13-5-3-4-12(8-13)9-14(18)17-16(15(19)20)6-7-21-10-16/h3-5,8,11H,6-7,9-10H2,1-2H3,(H,17,18)(H,19,20). The van der Waals surface area contributed by atoms with Crippen molar-refractivity contribution in [1.82, 2.24) is 5.32 Å². The van der Waals surface area contributed by atoms with E-state index < -0.39 is 11.5 Å². The number of ether oxygens (including phenoxy) is 2. The van der Waals surface area contributed by atoms with Crippen molar-refractivity contribution in [2.75, 3.05) is 13.2 Å². The van der Waals surface area contributed by atoms with Crippen LogP contribution in [-0.2, 0) is 20.7 Å². The van der Waals surface area contributed by atoms with Crippen LogP contribution in [0.15, 0.2) is 24.3 Å². The molecule has 1 aromatic rings. The molecule has 0 saturated carbocycles. The van der Waals surface area contributed by atoms with E-state index in [1.54, 1.807) is 6.07 Å². The maximum Gasteiger partial charge on any atom is 0.331 e. The van der Waals surface area contributed by atoms with Crippen LogP contribution in [0, 0.1) is 0 Å². The molecule has 6 nitrogen and oxygen atoms in total. The lowest BCUT2D eigenvalue weighted by molar-refractivity contribution is -0.147. The largest absolute Gasteiger partial charge is 0.491 e. The first kappa shape index (κ1) is 16.3. The quantitative estimate of drug-likeness (QED) is 0.829. The van der Waals surface area contributed by atoms with E-state index in [1.165, 1.54) is 0 Å². The average molecular weight is 307 g/mol. The molecule has 0 radical (unpaired) electrons. The molecule has 0 bridgehead atoms. The number of carbonyl (C=O) groups is 2. The number of hydrogen-bond donors (Lipinski definition) is 2. The summed E-state index contributed by atoms with van der Waals surface area (Å²) in [6.45, 7) is 4.20. The van der Waals surface area contributed by atoms with Crippen LogP contribution in [0.4, 0.5) is 0 Å². The van der Waals surface area contributed by atoms with Crippen molar-refractivity contribution in [3.05, 3.63) is 29.8 Å². The molecule has 0 aliphatic carbocycles. The minimum absolute atomic E-state index is 0.00454. The van der Waals surface area contributed by atoms with Gasteiger partial charge < -0.3 is 19.9 Å². The fourth-order valence-electron chi connectivity index (χ4n) is 2.38. The Labute approximate surface area is 129 Å². The fraction of sp³-hybridized carbons (Fsp3) is 0.500. The van der Waals surface area contributed by atoms with E-state index in [9.17, 15) is 14.7 Å². The van der Waals surface area contributed by atoms with Gasteiger partial charge in [-0.15, -0.1) is 0 Å². The Balaban J connectivity index is 2.01. The smallest absolute Gasteiger partial charge is 0.331 e. The summed E-state index contributed by atoms with van der Waals surface area (Å²) in [7, 11) is 0. The molecular formula is C16H21NO5. The van der Waals surface area contributed by atoms with Gasteiger partial charge in [0.1, 0.15) is 5.75 Å². The maximum absolute atomic E-state index is 12.1. The average Bonchev–Trinajstić information content (AvgIpc) is 2.88. The highest BCUT2D eigenvalue weighted by Crippen LogP contribution is 2.20. The van der Waals surface area contributed by atoms with E-state index >= 15 is 0 Å². The molecule has 1 aromatic carbocycles. The van der Waals surface area contributed by atoms with Gasteiger partial charge in [-0.25, -0.2) is 4.79 Å². The summed E-state index contributed by atoms with van der Waals surface area (Å²) in [6.07, 6.45) is 0.435. The number of amides is 1. The van der Waals surface area contributed by atoms with Crippen molar-refractivity contribution in [1.29, 1.82) is 0 Å². The molecule has 2 N–H and O–H groups in total. The number of rotatable bonds is 6. The Morgan fingerprint density at radius 3 is 2.82 bits per heavy atom. The molecule has 1 aliphatic heterocycles. The van der Waals surface area contributed by atoms with Crippen molar-refractivity contribution in [2.24, 2.45) is 0 Å². The first-order valence-corrected chi connectivity index (χ1v) is 7.29. The zero-order valence-corrected chi connectivity index (χ0v) is 12.8. The van der Waals surface area contributed by atoms with Crippen LogP contribution in [0.1, 0.15) is 25.8 Å². The molecule has 22 heavy (non-hydrogen) atoms. The van der Waals surface area contributed by atoms with Gasteiger partial charge in [0.15, 0.2) is 5.54 Å². The summed E-state index contributed by atoms with van der Waals surface area (Å²) >= 11 is 0. The van der Waals surface area contributed by atoms with Crippen molar-refractivity contribution in [3.63, 3.8) is 0 Å². The highest BCUT2D eigenvalue weighted by Gasteiger charge is 2.43. The molecule has 6 heteroatoms. The van der Waals surface area contributed by atoms with E-state index in [-0.39, 0.29) is 31.5 Å². The molecule has 1 heterocycles. The lowest BCUT2D eigenvalue weighted by Gasteiger charge is -2.23. The molecule has 2 rings (SSSR count). The molecule has 1 fully saturated rings. The normalized spacial score (nSPS) is 20.9. The lowest BCUT2D eigenvalue weighted by atomic mass is 9.98. The second kappa shape index (κ2) is 6.79. The molecule has 120 valence electrons. The predicted octanol–water partition coefficient (Wildman–Crippen LogP) is 1.38. The Morgan fingerprint density at radius 1 is 1.45 bits per heavy atom. The second-order valence-corrected chi connectivity index (χ2v) is 5.73. The topological polar surface area (TPSA) is 84.9 Å². The first-order chi connectivity index (χ1) is 10.4. The van der Waals surface area contributed by atoms with Gasteiger partial charge in [-0.05, 0) is 31.5 Å². The molecule has 1 unspecified atom stereocenters. The Bertz CT molecular complexity index is 549. The monoisotopic (exact) mass is 307 g/mol. The van der Waals surface area contributed by atoms with Crippen molar-refractivity contribution >= 4 is 11.9 Å². The third-order valence-electron chi connectivity index (χ3n) is 3.44. The maximum atomic E-state index is 12.1. The number of carbonyl (C=O) groups excluding carboxylic acids is 1. The third kappa shape index (κ3) is 3.98. The molecule has 1 atom stereocenters. The Kier molecular flexibility index (Phi) is 5.03. The summed E-state index contributed by atoms with van der Waals surface area (Å²) in [6, 6.07) is 7.24. The number of aliphatic carboxylic acids is 1. The van der Waals surface area contributed by atoms with Crippen molar-refractivity contribution in [2.45, 2.75) is 38.3 Å². The van der Waals surface area contributed by atoms with Gasteiger partial charge in [-0.2, -0.15) is 0 Å². The minimum Gasteiger partial charge on any atom is -0.491 e. The van der Waals surface area contributed by atoms with Crippen LogP contribution < -0.4 is 10.1 Å². The molecule has 0 aromatic heterocycles. The van der Waals surface area contributed by atoms with Crippen LogP contribution in [0.2, 0.25) is 0 Å². The summed E-state index contributed by atoms with van der Waals surface area (Å²) in [5.74, 6) is -0.706. The van der Waals surface area contributed by atoms with Gasteiger partial charge in [0, 0.05) is 13.0 Å². The summed E-state index contributed by atoms with van der Waals surface area (Å²) in [5.41, 5.74) is -0.529.